The summed E-state index contributed by atoms with van der Waals surface area (Å²) in [7, 11) is 0. The number of nitrogens with zero attached hydrogens (tertiary/aromatic N) is 1. The Morgan fingerprint density at radius 3 is 2.43 bits per heavy atom. The van der Waals surface area contributed by atoms with E-state index in [1.165, 1.54) is 0 Å². The molecule has 0 unspecified atom stereocenters. The SMILES string of the molecule is CCc1ccccc1CNc1cc(C(F)(F)F)cc(Cl)n1. The van der Waals surface area contributed by atoms with E-state index in [0.29, 0.717) is 6.54 Å². The van der Waals surface area contributed by atoms with E-state index in [9.17, 15) is 13.2 Å². The molecule has 1 heterocycles. The maximum atomic E-state index is 12.7. The van der Waals surface area contributed by atoms with Gasteiger partial charge in [0.1, 0.15) is 11.0 Å². The quantitative estimate of drug-likeness (QED) is 0.809. The zero-order valence-electron chi connectivity index (χ0n) is 11.3. The molecule has 21 heavy (non-hydrogen) atoms. The number of hydrogen-bond donors (Lipinski definition) is 1. The third-order valence-corrected chi connectivity index (χ3v) is 3.27. The molecule has 2 nitrogen and oxygen atoms in total. The number of aromatic nitrogens is 1. The van der Waals surface area contributed by atoms with Crippen LogP contribution < -0.4 is 5.32 Å². The lowest BCUT2D eigenvalue weighted by Gasteiger charge is -2.12. The van der Waals surface area contributed by atoms with Crippen LogP contribution in [0.1, 0.15) is 23.6 Å². The summed E-state index contributed by atoms with van der Waals surface area (Å²) in [4.78, 5) is 3.87. The summed E-state index contributed by atoms with van der Waals surface area (Å²) < 4.78 is 38.1. The van der Waals surface area contributed by atoms with Gasteiger partial charge in [-0.1, -0.05) is 42.8 Å². The van der Waals surface area contributed by atoms with Crippen LogP contribution in [0.25, 0.3) is 0 Å². The van der Waals surface area contributed by atoms with Crippen molar-refractivity contribution in [3.05, 3.63) is 58.2 Å². The summed E-state index contributed by atoms with van der Waals surface area (Å²) in [5.41, 5.74) is 1.35. The summed E-state index contributed by atoms with van der Waals surface area (Å²) in [6, 6.07) is 9.52. The molecule has 1 N–H and O–H groups in total. The highest BCUT2D eigenvalue weighted by Crippen LogP contribution is 2.32. The molecule has 0 amide bonds. The zero-order chi connectivity index (χ0) is 15.5. The van der Waals surface area contributed by atoms with Gasteiger partial charge in [-0.3, -0.25) is 0 Å². The molecule has 112 valence electrons. The molecule has 0 saturated heterocycles. The van der Waals surface area contributed by atoms with Crippen LogP contribution in [0, 0.1) is 0 Å². The fraction of sp³-hybridized carbons (Fsp3) is 0.267. The summed E-state index contributed by atoms with van der Waals surface area (Å²) in [5, 5.41) is 2.71. The molecule has 6 heteroatoms. The summed E-state index contributed by atoms with van der Waals surface area (Å²) in [6.45, 7) is 2.42. The van der Waals surface area contributed by atoms with Crippen molar-refractivity contribution in [1.29, 1.82) is 0 Å². The molecular weight excluding hydrogens is 301 g/mol. The van der Waals surface area contributed by atoms with Gasteiger partial charge in [0.25, 0.3) is 0 Å². The second-order valence-electron chi connectivity index (χ2n) is 4.54. The minimum atomic E-state index is -4.44. The summed E-state index contributed by atoms with van der Waals surface area (Å²) >= 11 is 5.65. The van der Waals surface area contributed by atoms with Gasteiger partial charge in [-0.2, -0.15) is 13.2 Å². The van der Waals surface area contributed by atoms with Gasteiger partial charge in [0.2, 0.25) is 0 Å². The van der Waals surface area contributed by atoms with Gasteiger partial charge in [-0.05, 0) is 29.7 Å². The Balaban J connectivity index is 2.19. The van der Waals surface area contributed by atoms with Crippen molar-refractivity contribution in [2.75, 3.05) is 5.32 Å². The largest absolute Gasteiger partial charge is 0.416 e. The summed E-state index contributed by atoms with van der Waals surface area (Å²) in [6.07, 6.45) is -3.58. The molecule has 1 aromatic carbocycles. The minimum Gasteiger partial charge on any atom is -0.366 e. The van der Waals surface area contributed by atoms with Crippen LogP contribution in [0.2, 0.25) is 5.15 Å². The Labute approximate surface area is 126 Å². The molecule has 1 aromatic heterocycles. The van der Waals surface area contributed by atoms with Gasteiger partial charge in [0, 0.05) is 6.54 Å². The Kier molecular flexibility index (Phi) is 4.73. The maximum absolute atomic E-state index is 12.7. The van der Waals surface area contributed by atoms with E-state index in [4.69, 9.17) is 11.6 Å². The predicted molar refractivity (Wildman–Crippen MR) is 77.4 cm³/mol. The number of aryl methyl sites for hydroxylation is 1. The van der Waals surface area contributed by atoms with Gasteiger partial charge in [0.05, 0.1) is 5.56 Å². The van der Waals surface area contributed by atoms with E-state index in [1.54, 1.807) is 0 Å². The van der Waals surface area contributed by atoms with Gasteiger partial charge >= 0.3 is 6.18 Å². The first-order valence-electron chi connectivity index (χ1n) is 6.45. The molecule has 0 atom stereocenters. The maximum Gasteiger partial charge on any atom is 0.416 e. The lowest BCUT2D eigenvalue weighted by Crippen LogP contribution is -2.09. The van der Waals surface area contributed by atoms with Gasteiger partial charge in [-0.15, -0.1) is 0 Å². The topological polar surface area (TPSA) is 24.9 Å². The van der Waals surface area contributed by atoms with Crippen molar-refractivity contribution in [2.24, 2.45) is 0 Å². The van der Waals surface area contributed by atoms with Crippen LogP contribution in [-0.4, -0.2) is 4.98 Å². The Morgan fingerprint density at radius 1 is 1.14 bits per heavy atom. The highest BCUT2D eigenvalue weighted by atomic mass is 35.5. The van der Waals surface area contributed by atoms with E-state index in [2.05, 4.69) is 10.3 Å². The number of hydrogen-bond acceptors (Lipinski definition) is 2. The van der Waals surface area contributed by atoms with Crippen LogP contribution in [0.5, 0.6) is 0 Å². The first kappa shape index (κ1) is 15.6. The first-order chi connectivity index (χ1) is 9.90. The smallest absolute Gasteiger partial charge is 0.366 e. The van der Waals surface area contributed by atoms with Crippen LogP contribution in [0.4, 0.5) is 19.0 Å². The molecule has 0 aliphatic carbocycles. The molecule has 0 fully saturated rings. The highest BCUT2D eigenvalue weighted by molar-refractivity contribution is 6.29. The van der Waals surface area contributed by atoms with Crippen molar-refractivity contribution < 1.29 is 13.2 Å². The van der Waals surface area contributed by atoms with E-state index >= 15 is 0 Å². The average molecular weight is 315 g/mol. The normalized spacial score (nSPS) is 11.5. The highest BCUT2D eigenvalue weighted by Gasteiger charge is 2.31. The second-order valence-corrected chi connectivity index (χ2v) is 4.92. The van der Waals surface area contributed by atoms with Crippen molar-refractivity contribution in [3.63, 3.8) is 0 Å². The monoisotopic (exact) mass is 314 g/mol. The number of benzene rings is 1. The number of halogens is 4. The van der Waals surface area contributed by atoms with Gasteiger partial charge < -0.3 is 5.32 Å². The standard InChI is InChI=1S/C15H14ClF3N2/c1-2-10-5-3-4-6-11(10)9-20-14-8-12(15(17,18)19)7-13(16)21-14/h3-8H,2,9H2,1H3,(H,20,21). The number of alkyl halides is 3. The van der Waals surface area contributed by atoms with Crippen LogP contribution in [0.3, 0.4) is 0 Å². The number of anilines is 1. The Hall–Kier alpha value is -1.75. The molecule has 0 saturated carbocycles. The second kappa shape index (κ2) is 6.35. The van der Waals surface area contributed by atoms with E-state index in [1.807, 2.05) is 31.2 Å². The predicted octanol–water partition coefficient (Wildman–Crippen LogP) is 4.93. The van der Waals surface area contributed by atoms with Crippen LogP contribution in [-0.2, 0) is 19.1 Å². The van der Waals surface area contributed by atoms with E-state index in [0.717, 1.165) is 29.7 Å². The Morgan fingerprint density at radius 2 is 1.81 bits per heavy atom. The molecule has 0 bridgehead atoms. The molecular formula is C15H14ClF3N2. The lowest BCUT2D eigenvalue weighted by molar-refractivity contribution is -0.137. The van der Waals surface area contributed by atoms with Crippen molar-refractivity contribution in [3.8, 4) is 0 Å². The van der Waals surface area contributed by atoms with Crippen molar-refractivity contribution in [2.45, 2.75) is 26.1 Å². The fourth-order valence-corrected chi connectivity index (χ4v) is 2.22. The third kappa shape index (κ3) is 4.11. The average Bonchev–Trinajstić information content (AvgIpc) is 2.44. The fourth-order valence-electron chi connectivity index (χ4n) is 2.01. The first-order valence-corrected chi connectivity index (χ1v) is 6.83. The number of pyridine rings is 1. The third-order valence-electron chi connectivity index (χ3n) is 3.08. The molecule has 0 spiro atoms. The molecule has 2 rings (SSSR count). The number of nitrogens with one attached hydrogen (secondary N) is 1. The van der Waals surface area contributed by atoms with Crippen molar-refractivity contribution >= 4 is 17.4 Å². The molecule has 0 aliphatic heterocycles. The van der Waals surface area contributed by atoms with Crippen LogP contribution >= 0.6 is 11.6 Å². The van der Waals surface area contributed by atoms with Crippen molar-refractivity contribution in [1.82, 2.24) is 4.98 Å². The zero-order valence-corrected chi connectivity index (χ0v) is 12.1. The lowest BCUT2D eigenvalue weighted by atomic mass is 10.1. The van der Waals surface area contributed by atoms with E-state index in [-0.39, 0.29) is 11.0 Å². The van der Waals surface area contributed by atoms with E-state index < -0.39 is 11.7 Å². The van der Waals surface area contributed by atoms with Crippen LogP contribution in [0.15, 0.2) is 36.4 Å². The Bertz CT molecular complexity index is 627. The minimum absolute atomic E-state index is 0.112. The van der Waals surface area contributed by atoms with Gasteiger partial charge in [-0.25, -0.2) is 4.98 Å². The molecule has 0 aliphatic rings. The number of rotatable bonds is 4. The van der Waals surface area contributed by atoms with Gasteiger partial charge in [0.15, 0.2) is 0 Å². The molecule has 2 aromatic rings. The summed E-state index contributed by atoms with van der Waals surface area (Å²) in [5.74, 6) is 0.112. The molecule has 0 radical (unpaired) electrons.